The lowest BCUT2D eigenvalue weighted by Crippen LogP contribution is -3.00. The predicted octanol–water partition coefficient (Wildman–Crippen LogP) is 1.34. The molecule has 34 heavy (non-hydrogen) atoms. The number of halogens is 1. The van der Waals surface area contributed by atoms with Crippen LogP contribution in [0.1, 0.15) is 45.3 Å². The molecule has 3 aromatic carbocycles. The van der Waals surface area contributed by atoms with Crippen molar-refractivity contribution in [1.29, 1.82) is 0 Å². The van der Waals surface area contributed by atoms with Gasteiger partial charge in [0.05, 0.1) is 29.7 Å². The molecule has 5 nitrogen and oxygen atoms in total. The van der Waals surface area contributed by atoms with Crippen molar-refractivity contribution in [2.45, 2.75) is 25.8 Å². The molecule has 2 aliphatic rings. The molecule has 6 heteroatoms. The van der Waals surface area contributed by atoms with Crippen LogP contribution in [0, 0.1) is 12.8 Å². The van der Waals surface area contributed by atoms with Crippen LogP contribution in [0.2, 0.25) is 0 Å². The fourth-order valence-electron chi connectivity index (χ4n) is 5.39. The number of carbonyl (C=O) groups excluding carboxylic acids is 1. The third-order valence-electron chi connectivity index (χ3n) is 7.04. The molecule has 1 aromatic heterocycles. The highest BCUT2D eigenvalue weighted by molar-refractivity contribution is 6.09. The number of quaternary nitrogens is 1. The number of ketones is 1. The lowest BCUT2D eigenvalue weighted by atomic mass is 9.81. The molecule has 0 radical (unpaired) electrons. The first kappa shape index (κ1) is 22.4. The van der Waals surface area contributed by atoms with Gasteiger partial charge in [0.15, 0.2) is 11.5 Å². The van der Waals surface area contributed by atoms with E-state index in [2.05, 4.69) is 52.6 Å². The van der Waals surface area contributed by atoms with Crippen molar-refractivity contribution in [2.24, 2.45) is 5.92 Å². The summed E-state index contributed by atoms with van der Waals surface area (Å²) in [5.74, 6) is 0.559. The van der Waals surface area contributed by atoms with E-state index >= 15 is 0 Å². The number of hydrogen-bond acceptors (Lipinski definition) is 3. The zero-order chi connectivity index (χ0) is 22.4. The molecule has 0 saturated carbocycles. The Morgan fingerprint density at radius 2 is 1.74 bits per heavy atom. The van der Waals surface area contributed by atoms with Gasteiger partial charge in [-0.15, -0.1) is 0 Å². The van der Waals surface area contributed by atoms with Crippen molar-refractivity contribution < 1.29 is 22.5 Å². The van der Waals surface area contributed by atoms with Gasteiger partial charge in [0.25, 0.3) is 0 Å². The van der Waals surface area contributed by atoms with Crippen LogP contribution in [0.4, 0.5) is 11.4 Å². The second-order valence-electron chi connectivity index (χ2n) is 9.05. The van der Waals surface area contributed by atoms with Gasteiger partial charge in [-0.2, -0.15) is 5.10 Å². The van der Waals surface area contributed by atoms with E-state index in [1.54, 1.807) is 0 Å². The highest BCUT2D eigenvalue weighted by Crippen LogP contribution is 2.41. The Balaban J connectivity index is 0.00000241. The summed E-state index contributed by atoms with van der Waals surface area (Å²) in [6.45, 7) is 3.14. The molecule has 0 bridgehead atoms. The predicted molar refractivity (Wildman–Crippen MR) is 129 cm³/mol. The molecule has 172 valence electrons. The summed E-state index contributed by atoms with van der Waals surface area (Å²) in [4.78, 5) is 13.1. The molecule has 0 fully saturated rings. The first-order chi connectivity index (χ1) is 16.2. The number of benzene rings is 3. The van der Waals surface area contributed by atoms with Gasteiger partial charge >= 0.3 is 0 Å². The summed E-state index contributed by atoms with van der Waals surface area (Å²) in [6.07, 6.45) is 2.14. The average Bonchev–Trinajstić information content (AvgIpc) is 3.09. The number of aromatic nitrogens is 2. The Morgan fingerprint density at radius 1 is 1.00 bits per heavy atom. The number of nitrogens with one attached hydrogen (secondary N) is 1. The third-order valence-corrected chi connectivity index (χ3v) is 7.04. The molecule has 0 saturated heterocycles. The molecule has 2 heterocycles. The van der Waals surface area contributed by atoms with Crippen LogP contribution in [0.25, 0.3) is 5.69 Å². The van der Waals surface area contributed by atoms with Crippen LogP contribution in [-0.2, 0) is 6.42 Å². The summed E-state index contributed by atoms with van der Waals surface area (Å²) in [5.41, 5.74) is 8.43. The molecule has 6 rings (SSSR count). The SMILES string of the molecule is Cc1nn(-c2ccccc2)c2c1C1Nc3cc(C(=O)c4ccccc4)ccc3[NH2+]CC1CC2.[Cl-]. The number of rotatable bonds is 3. The Morgan fingerprint density at radius 3 is 2.50 bits per heavy atom. The first-order valence-electron chi connectivity index (χ1n) is 11.7. The summed E-state index contributed by atoms with van der Waals surface area (Å²) < 4.78 is 2.12. The van der Waals surface area contributed by atoms with Crippen molar-refractivity contribution in [3.63, 3.8) is 0 Å². The van der Waals surface area contributed by atoms with E-state index in [-0.39, 0.29) is 24.2 Å². The molecule has 4 aromatic rings. The van der Waals surface area contributed by atoms with Gasteiger partial charge in [-0.05, 0) is 44.0 Å². The number of para-hydroxylation sites is 1. The maximum absolute atomic E-state index is 13.1. The summed E-state index contributed by atoms with van der Waals surface area (Å²) >= 11 is 0. The van der Waals surface area contributed by atoms with Gasteiger partial charge in [-0.3, -0.25) is 4.79 Å². The van der Waals surface area contributed by atoms with Gasteiger partial charge in [0.2, 0.25) is 0 Å². The minimum Gasteiger partial charge on any atom is -1.00 e. The third kappa shape index (κ3) is 3.81. The number of aryl methyl sites for hydroxylation is 1. The lowest BCUT2D eigenvalue weighted by molar-refractivity contribution is -0.577. The smallest absolute Gasteiger partial charge is 0.193 e. The van der Waals surface area contributed by atoms with Crippen LogP contribution in [0.3, 0.4) is 0 Å². The van der Waals surface area contributed by atoms with Crippen molar-refractivity contribution in [3.8, 4) is 5.69 Å². The van der Waals surface area contributed by atoms with E-state index in [1.165, 1.54) is 16.9 Å². The second-order valence-corrected chi connectivity index (χ2v) is 9.05. The lowest BCUT2D eigenvalue weighted by Gasteiger charge is -2.30. The van der Waals surface area contributed by atoms with Crippen LogP contribution < -0.4 is 23.0 Å². The van der Waals surface area contributed by atoms with Gasteiger partial charge in [0, 0.05) is 34.4 Å². The van der Waals surface area contributed by atoms with Gasteiger partial charge in [0.1, 0.15) is 0 Å². The van der Waals surface area contributed by atoms with E-state index in [0.717, 1.165) is 36.5 Å². The molecule has 2 atom stereocenters. The highest BCUT2D eigenvalue weighted by atomic mass is 35.5. The topological polar surface area (TPSA) is 63.5 Å². The molecule has 1 aliphatic carbocycles. The van der Waals surface area contributed by atoms with Gasteiger partial charge in [-0.25, -0.2) is 4.68 Å². The number of nitrogens with two attached hydrogens (primary N) is 1. The highest BCUT2D eigenvalue weighted by Gasteiger charge is 2.38. The zero-order valence-electron chi connectivity index (χ0n) is 19.0. The number of anilines is 1. The zero-order valence-corrected chi connectivity index (χ0v) is 19.8. The van der Waals surface area contributed by atoms with E-state index in [4.69, 9.17) is 5.10 Å². The fraction of sp³-hybridized carbons (Fsp3) is 0.214. The molecule has 2 unspecified atom stereocenters. The fourth-order valence-corrected chi connectivity index (χ4v) is 5.39. The van der Waals surface area contributed by atoms with Crippen LogP contribution in [0.5, 0.6) is 0 Å². The normalized spacial score (nSPS) is 18.4. The summed E-state index contributed by atoms with van der Waals surface area (Å²) in [7, 11) is 0. The van der Waals surface area contributed by atoms with E-state index in [9.17, 15) is 4.79 Å². The largest absolute Gasteiger partial charge is 1.00 e. The van der Waals surface area contributed by atoms with Gasteiger partial charge in [-0.1, -0.05) is 48.5 Å². The second kappa shape index (κ2) is 9.09. The molecular weight excluding hydrogens is 444 g/mol. The molecule has 1 aliphatic heterocycles. The molecular formula is C28H27ClN4O. The van der Waals surface area contributed by atoms with Crippen LogP contribution in [-0.4, -0.2) is 22.1 Å². The van der Waals surface area contributed by atoms with Crippen molar-refractivity contribution in [1.82, 2.24) is 9.78 Å². The van der Waals surface area contributed by atoms with Crippen LogP contribution >= 0.6 is 0 Å². The first-order valence-corrected chi connectivity index (χ1v) is 11.7. The molecule has 0 amide bonds. The molecule has 3 N–H and O–H groups in total. The average molecular weight is 471 g/mol. The number of nitrogens with zero attached hydrogens (tertiary/aromatic N) is 2. The van der Waals surface area contributed by atoms with Crippen molar-refractivity contribution in [3.05, 3.63) is 107 Å². The number of hydrogen-bond donors (Lipinski definition) is 2. The van der Waals surface area contributed by atoms with Crippen LogP contribution in [0.15, 0.2) is 78.9 Å². The quantitative estimate of drug-likeness (QED) is 0.351. The Bertz CT molecular complexity index is 1330. The number of carbonyl (C=O) groups is 1. The monoisotopic (exact) mass is 470 g/mol. The van der Waals surface area contributed by atoms with E-state index in [0.29, 0.717) is 17.0 Å². The minimum atomic E-state index is 0. The maximum atomic E-state index is 13.1. The molecule has 0 spiro atoms. The maximum Gasteiger partial charge on any atom is 0.193 e. The Labute approximate surface area is 205 Å². The Hall–Kier alpha value is -3.41. The standard InChI is InChI=1S/C28H26N4O.ClH/c1-18-26-25(32(31-18)22-10-6-3-7-11-22)15-13-21-17-29-23-14-12-20(16-24(23)30-27(21)26)28(33)19-8-4-2-5-9-19;/h2-12,14,16,21,27,29-30H,13,15,17H2,1H3;1H. The minimum absolute atomic E-state index is 0. The van der Waals surface area contributed by atoms with Gasteiger partial charge < -0.3 is 23.0 Å². The Kier molecular flexibility index (Phi) is 5.98. The number of fused-ring (bicyclic) bond motifs is 4. The van der Waals surface area contributed by atoms with E-state index < -0.39 is 0 Å². The summed E-state index contributed by atoms with van der Waals surface area (Å²) in [6, 6.07) is 26.1. The van der Waals surface area contributed by atoms with Crippen molar-refractivity contribution >= 4 is 17.2 Å². The van der Waals surface area contributed by atoms with E-state index in [1.807, 2.05) is 48.5 Å². The van der Waals surface area contributed by atoms with Crippen molar-refractivity contribution in [2.75, 3.05) is 11.9 Å². The summed E-state index contributed by atoms with van der Waals surface area (Å²) in [5, 5.41) is 11.1.